The minimum Gasteiger partial charge on any atom is -0.306 e. The van der Waals surface area contributed by atoms with Gasteiger partial charge in [-0.25, -0.2) is 4.98 Å². The molecule has 2 aromatic carbocycles. The summed E-state index contributed by atoms with van der Waals surface area (Å²) >= 11 is 0. The van der Waals surface area contributed by atoms with Gasteiger partial charge in [0.2, 0.25) is 5.91 Å². The monoisotopic (exact) mass is 361 g/mol. The first-order valence-corrected chi connectivity index (χ1v) is 9.94. The molecule has 4 nitrogen and oxygen atoms in total. The highest BCUT2D eigenvalue weighted by molar-refractivity contribution is 5.91. The van der Waals surface area contributed by atoms with Crippen LogP contribution in [0.1, 0.15) is 47.5 Å². The molecule has 0 aliphatic carbocycles. The SMILES string of the molecule is CN1CCC(c2cccc3c2ncn3C(=O)CCCc2ccccc2)CC1. The van der Waals surface area contributed by atoms with Gasteiger partial charge < -0.3 is 4.90 Å². The van der Waals surface area contributed by atoms with Crippen molar-refractivity contribution in [3.8, 4) is 0 Å². The molecule has 3 aromatic rings. The highest BCUT2D eigenvalue weighted by Crippen LogP contribution is 2.32. The van der Waals surface area contributed by atoms with Crippen molar-refractivity contribution < 1.29 is 4.79 Å². The van der Waals surface area contributed by atoms with Crippen LogP contribution in [-0.4, -0.2) is 40.5 Å². The van der Waals surface area contributed by atoms with Crippen LogP contribution in [0.4, 0.5) is 0 Å². The summed E-state index contributed by atoms with van der Waals surface area (Å²) in [5, 5.41) is 0. The largest absolute Gasteiger partial charge is 0.306 e. The van der Waals surface area contributed by atoms with Crippen LogP contribution < -0.4 is 0 Å². The van der Waals surface area contributed by atoms with E-state index in [2.05, 4.69) is 41.2 Å². The van der Waals surface area contributed by atoms with Gasteiger partial charge in [0.1, 0.15) is 6.33 Å². The maximum atomic E-state index is 12.8. The highest BCUT2D eigenvalue weighted by atomic mass is 16.2. The van der Waals surface area contributed by atoms with Gasteiger partial charge in [-0.3, -0.25) is 9.36 Å². The van der Waals surface area contributed by atoms with Crippen molar-refractivity contribution in [3.63, 3.8) is 0 Å². The van der Waals surface area contributed by atoms with Gasteiger partial charge in [-0.1, -0.05) is 42.5 Å². The van der Waals surface area contributed by atoms with Crippen LogP contribution in [0.25, 0.3) is 11.0 Å². The lowest BCUT2D eigenvalue weighted by atomic mass is 9.89. The van der Waals surface area contributed by atoms with Gasteiger partial charge in [-0.15, -0.1) is 0 Å². The number of imidazole rings is 1. The quantitative estimate of drug-likeness (QED) is 0.671. The van der Waals surface area contributed by atoms with E-state index in [-0.39, 0.29) is 5.91 Å². The number of rotatable bonds is 5. The first-order chi connectivity index (χ1) is 13.2. The molecule has 27 heavy (non-hydrogen) atoms. The Morgan fingerprint density at radius 2 is 1.85 bits per heavy atom. The summed E-state index contributed by atoms with van der Waals surface area (Å²) in [6.07, 6.45) is 6.37. The Bertz CT molecular complexity index is 908. The van der Waals surface area contributed by atoms with Crippen LogP contribution in [-0.2, 0) is 6.42 Å². The number of fused-ring (bicyclic) bond motifs is 1. The molecule has 0 bridgehead atoms. The zero-order valence-corrected chi connectivity index (χ0v) is 16.0. The minimum atomic E-state index is 0.133. The fourth-order valence-electron chi connectivity index (χ4n) is 4.12. The molecule has 0 saturated carbocycles. The van der Waals surface area contributed by atoms with Crippen molar-refractivity contribution >= 4 is 16.9 Å². The molecule has 1 fully saturated rings. The summed E-state index contributed by atoms with van der Waals surface area (Å²) in [7, 11) is 2.18. The zero-order valence-electron chi connectivity index (χ0n) is 16.0. The van der Waals surface area contributed by atoms with Crippen molar-refractivity contribution in [2.24, 2.45) is 0 Å². The molecule has 1 aromatic heterocycles. The van der Waals surface area contributed by atoms with Crippen molar-refractivity contribution in [3.05, 3.63) is 66.0 Å². The van der Waals surface area contributed by atoms with Gasteiger partial charge in [-0.05, 0) is 68.9 Å². The van der Waals surface area contributed by atoms with Crippen LogP contribution in [0.2, 0.25) is 0 Å². The van der Waals surface area contributed by atoms with E-state index in [9.17, 15) is 4.79 Å². The summed E-state index contributed by atoms with van der Waals surface area (Å²) < 4.78 is 1.75. The van der Waals surface area contributed by atoms with E-state index in [0.717, 1.165) is 49.8 Å². The zero-order chi connectivity index (χ0) is 18.6. The second kappa shape index (κ2) is 8.05. The highest BCUT2D eigenvalue weighted by Gasteiger charge is 2.22. The van der Waals surface area contributed by atoms with Crippen LogP contribution >= 0.6 is 0 Å². The van der Waals surface area contributed by atoms with Crippen LogP contribution in [0.15, 0.2) is 54.9 Å². The average molecular weight is 361 g/mol. The maximum absolute atomic E-state index is 12.8. The van der Waals surface area contributed by atoms with Crippen molar-refractivity contribution in [1.82, 2.24) is 14.5 Å². The van der Waals surface area contributed by atoms with Gasteiger partial charge in [0.25, 0.3) is 0 Å². The Hall–Kier alpha value is -2.46. The smallest absolute Gasteiger partial charge is 0.232 e. The number of aromatic nitrogens is 2. The summed E-state index contributed by atoms with van der Waals surface area (Å²) in [6, 6.07) is 16.6. The van der Waals surface area contributed by atoms with E-state index in [0.29, 0.717) is 12.3 Å². The molecule has 0 unspecified atom stereocenters. The van der Waals surface area contributed by atoms with Crippen molar-refractivity contribution in [2.45, 2.75) is 38.0 Å². The molecular formula is C23H27N3O. The van der Waals surface area contributed by atoms with Gasteiger partial charge >= 0.3 is 0 Å². The lowest BCUT2D eigenvalue weighted by molar-refractivity contribution is 0.0905. The molecule has 0 spiro atoms. The Kier molecular flexibility index (Phi) is 5.35. The predicted octanol–water partition coefficient (Wildman–Crippen LogP) is 4.51. The van der Waals surface area contributed by atoms with Crippen LogP contribution in [0, 0.1) is 0 Å². The lowest BCUT2D eigenvalue weighted by Gasteiger charge is -2.29. The number of hydrogen-bond donors (Lipinski definition) is 0. The molecule has 1 aliphatic heterocycles. The van der Waals surface area contributed by atoms with E-state index in [1.165, 1.54) is 11.1 Å². The van der Waals surface area contributed by atoms with E-state index >= 15 is 0 Å². The normalized spacial score (nSPS) is 16.0. The molecule has 4 heteroatoms. The second-order valence-electron chi connectivity index (χ2n) is 7.64. The summed E-state index contributed by atoms with van der Waals surface area (Å²) in [5.74, 6) is 0.676. The standard InChI is InChI=1S/C23H27N3O/c1-25-15-13-19(14-16-25)20-10-6-11-21-23(20)24-17-26(21)22(27)12-5-9-18-7-3-2-4-8-18/h2-4,6-8,10-11,17,19H,5,9,12-16H2,1H3. The molecular weight excluding hydrogens is 334 g/mol. The Labute approximate surface area is 160 Å². The Balaban J connectivity index is 1.48. The van der Waals surface area contributed by atoms with Crippen molar-refractivity contribution in [2.75, 3.05) is 20.1 Å². The number of carbonyl (C=O) groups is 1. The lowest BCUT2D eigenvalue weighted by Crippen LogP contribution is -2.29. The number of piperidine rings is 1. The van der Waals surface area contributed by atoms with Gasteiger partial charge in [-0.2, -0.15) is 0 Å². The fraction of sp³-hybridized carbons (Fsp3) is 0.391. The maximum Gasteiger partial charge on any atom is 0.232 e. The number of likely N-dealkylation sites (tertiary alicyclic amines) is 1. The first-order valence-electron chi connectivity index (χ1n) is 9.94. The molecule has 140 valence electrons. The van der Waals surface area contributed by atoms with E-state index < -0.39 is 0 Å². The number of carbonyl (C=O) groups excluding carboxylic acids is 1. The van der Waals surface area contributed by atoms with E-state index in [1.807, 2.05) is 24.3 Å². The molecule has 0 radical (unpaired) electrons. The van der Waals surface area contributed by atoms with Crippen LogP contribution in [0.5, 0.6) is 0 Å². The Morgan fingerprint density at radius 1 is 1.07 bits per heavy atom. The summed E-state index contributed by atoms with van der Waals surface area (Å²) in [6.45, 7) is 2.25. The number of hydrogen-bond acceptors (Lipinski definition) is 3. The third-order valence-electron chi connectivity index (χ3n) is 5.73. The molecule has 0 N–H and O–H groups in total. The van der Waals surface area contributed by atoms with E-state index in [4.69, 9.17) is 0 Å². The van der Waals surface area contributed by atoms with Crippen molar-refractivity contribution in [1.29, 1.82) is 0 Å². The number of nitrogens with zero attached hydrogens (tertiary/aromatic N) is 3. The molecule has 1 aliphatic rings. The van der Waals surface area contributed by atoms with Gasteiger partial charge in [0.15, 0.2) is 0 Å². The molecule has 4 rings (SSSR count). The summed E-state index contributed by atoms with van der Waals surface area (Å²) in [4.78, 5) is 19.8. The number of benzene rings is 2. The predicted molar refractivity (Wildman–Crippen MR) is 109 cm³/mol. The topological polar surface area (TPSA) is 38.1 Å². The van der Waals surface area contributed by atoms with Gasteiger partial charge in [0.05, 0.1) is 11.0 Å². The third kappa shape index (κ3) is 3.96. The molecule has 1 saturated heterocycles. The van der Waals surface area contributed by atoms with E-state index in [1.54, 1.807) is 10.9 Å². The first kappa shape index (κ1) is 17.9. The molecule has 0 atom stereocenters. The summed E-state index contributed by atoms with van der Waals surface area (Å²) in [5.41, 5.74) is 4.54. The average Bonchev–Trinajstić information content (AvgIpc) is 3.14. The fourth-order valence-corrected chi connectivity index (χ4v) is 4.12. The van der Waals surface area contributed by atoms with Crippen LogP contribution in [0.3, 0.4) is 0 Å². The minimum absolute atomic E-state index is 0.133. The van der Waals surface area contributed by atoms with Gasteiger partial charge in [0, 0.05) is 6.42 Å². The Morgan fingerprint density at radius 3 is 2.63 bits per heavy atom. The third-order valence-corrected chi connectivity index (χ3v) is 5.73. The second-order valence-corrected chi connectivity index (χ2v) is 7.64. The molecule has 0 amide bonds. The number of aryl methyl sites for hydroxylation is 1. The number of para-hydroxylation sites is 1. The molecule has 2 heterocycles.